The largest absolute Gasteiger partial charge is 0.393 e. The molecule has 2 rings (SSSR count). The lowest BCUT2D eigenvalue weighted by molar-refractivity contribution is 0.123. The molecule has 1 heterocycles. The van der Waals surface area contributed by atoms with Gasteiger partial charge in [0.05, 0.1) is 12.3 Å². The average molecular weight is 204 g/mol. The van der Waals surface area contributed by atoms with Gasteiger partial charge in [-0.3, -0.25) is 4.99 Å². The minimum Gasteiger partial charge on any atom is -0.393 e. The molecule has 0 fully saturated rings. The predicted octanol–water partition coefficient (Wildman–Crippen LogP) is 0.726. The molecule has 1 aliphatic heterocycles. The SMILES string of the molecule is OCC(O)C1=CN=Cc2ccccc2N1. The smallest absolute Gasteiger partial charge is 0.118 e. The fourth-order valence-electron chi connectivity index (χ4n) is 1.38. The highest BCUT2D eigenvalue weighted by Gasteiger charge is 2.12. The number of aliphatic hydroxyl groups excluding tert-OH is 2. The lowest BCUT2D eigenvalue weighted by Crippen LogP contribution is -2.20. The van der Waals surface area contributed by atoms with Gasteiger partial charge in [-0.05, 0) is 6.07 Å². The van der Waals surface area contributed by atoms with Gasteiger partial charge in [-0.1, -0.05) is 18.2 Å². The van der Waals surface area contributed by atoms with Crippen LogP contribution in [-0.2, 0) is 0 Å². The number of hydrogen-bond donors (Lipinski definition) is 3. The molecule has 1 aliphatic rings. The van der Waals surface area contributed by atoms with Crippen molar-refractivity contribution in [2.45, 2.75) is 6.10 Å². The van der Waals surface area contributed by atoms with E-state index in [0.29, 0.717) is 5.70 Å². The van der Waals surface area contributed by atoms with Crippen LogP contribution in [0.2, 0.25) is 0 Å². The quantitative estimate of drug-likeness (QED) is 0.665. The summed E-state index contributed by atoms with van der Waals surface area (Å²) in [6.45, 7) is -0.323. The van der Waals surface area contributed by atoms with Crippen molar-refractivity contribution in [3.8, 4) is 0 Å². The Morgan fingerprint density at radius 2 is 2.13 bits per heavy atom. The first-order valence-electron chi connectivity index (χ1n) is 4.69. The summed E-state index contributed by atoms with van der Waals surface area (Å²) < 4.78 is 0. The zero-order chi connectivity index (χ0) is 10.7. The number of aliphatic imine (C=N–C) groups is 1. The van der Waals surface area contributed by atoms with Crippen molar-refractivity contribution in [1.29, 1.82) is 0 Å². The third-order valence-electron chi connectivity index (χ3n) is 2.20. The zero-order valence-electron chi connectivity index (χ0n) is 8.09. The fourth-order valence-corrected chi connectivity index (χ4v) is 1.38. The van der Waals surface area contributed by atoms with Crippen LogP contribution >= 0.6 is 0 Å². The summed E-state index contributed by atoms with van der Waals surface area (Å²) in [5, 5.41) is 21.4. The van der Waals surface area contributed by atoms with E-state index >= 15 is 0 Å². The Bertz CT molecular complexity index is 413. The molecule has 78 valence electrons. The van der Waals surface area contributed by atoms with Gasteiger partial charge in [-0.2, -0.15) is 0 Å². The first-order chi connectivity index (χ1) is 7.31. The Labute approximate surface area is 87.6 Å². The van der Waals surface area contributed by atoms with E-state index in [1.54, 1.807) is 6.21 Å². The molecule has 0 bridgehead atoms. The van der Waals surface area contributed by atoms with Crippen LogP contribution in [0.4, 0.5) is 5.69 Å². The third-order valence-corrected chi connectivity index (χ3v) is 2.20. The summed E-state index contributed by atoms with van der Waals surface area (Å²) >= 11 is 0. The van der Waals surface area contributed by atoms with Gasteiger partial charge >= 0.3 is 0 Å². The highest BCUT2D eigenvalue weighted by Crippen LogP contribution is 2.19. The van der Waals surface area contributed by atoms with Crippen molar-refractivity contribution in [3.05, 3.63) is 41.7 Å². The van der Waals surface area contributed by atoms with Crippen LogP contribution in [0.5, 0.6) is 0 Å². The van der Waals surface area contributed by atoms with Gasteiger partial charge in [0.2, 0.25) is 0 Å². The molecule has 0 aliphatic carbocycles. The topological polar surface area (TPSA) is 64.8 Å². The van der Waals surface area contributed by atoms with Gasteiger partial charge in [-0.25, -0.2) is 0 Å². The van der Waals surface area contributed by atoms with Gasteiger partial charge in [0.15, 0.2) is 0 Å². The molecule has 0 amide bonds. The van der Waals surface area contributed by atoms with Crippen LogP contribution < -0.4 is 5.32 Å². The van der Waals surface area contributed by atoms with E-state index in [0.717, 1.165) is 11.3 Å². The van der Waals surface area contributed by atoms with E-state index in [4.69, 9.17) is 5.11 Å². The maximum absolute atomic E-state index is 9.48. The minimum absolute atomic E-state index is 0.323. The molecule has 1 atom stereocenters. The average Bonchev–Trinajstić information content (AvgIpc) is 2.49. The first kappa shape index (κ1) is 9.89. The minimum atomic E-state index is -0.923. The molecular formula is C11H12N2O2. The monoisotopic (exact) mass is 204 g/mol. The molecule has 0 spiro atoms. The van der Waals surface area contributed by atoms with E-state index in [1.165, 1.54) is 6.20 Å². The highest BCUT2D eigenvalue weighted by atomic mass is 16.3. The summed E-state index contributed by atoms with van der Waals surface area (Å²) in [7, 11) is 0. The number of benzene rings is 1. The molecule has 0 radical (unpaired) electrons. The van der Waals surface area contributed by atoms with E-state index in [1.807, 2.05) is 24.3 Å². The van der Waals surface area contributed by atoms with Crippen LogP contribution in [0.1, 0.15) is 5.56 Å². The van der Waals surface area contributed by atoms with Gasteiger partial charge in [0.25, 0.3) is 0 Å². The molecule has 3 N–H and O–H groups in total. The summed E-state index contributed by atoms with van der Waals surface area (Å²) in [6, 6.07) is 7.63. The molecular weight excluding hydrogens is 192 g/mol. The summed E-state index contributed by atoms with van der Waals surface area (Å²) in [6.07, 6.45) is 2.30. The van der Waals surface area contributed by atoms with Crippen LogP contribution in [0.25, 0.3) is 0 Å². The van der Waals surface area contributed by atoms with Crippen LogP contribution in [0.15, 0.2) is 41.2 Å². The number of rotatable bonds is 2. The molecule has 0 saturated heterocycles. The summed E-state index contributed by atoms with van der Waals surface area (Å²) in [4.78, 5) is 4.04. The predicted molar refractivity (Wildman–Crippen MR) is 58.8 cm³/mol. The van der Waals surface area contributed by atoms with Gasteiger partial charge in [0.1, 0.15) is 6.10 Å². The molecule has 1 unspecified atom stereocenters. The van der Waals surface area contributed by atoms with E-state index < -0.39 is 6.10 Å². The highest BCUT2D eigenvalue weighted by molar-refractivity contribution is 5.89. The van der Waals surface area contributed by atoms with Crippen molar-refractivity contribution in [3.63, 3.8) is 0 Å². The third kappa shape index (κ3) is 2.06. The summed E-state index contributed by atoms with van der Waals surface area (Å²) in [5.74, 6) is 0. The number of anilines is 1. The number of aliphatic hydroxyl groups is 2. The first-order valence-corrected chi connectivity index (χ1v) is 4.69. The standard InChI is InChI=1S/C11H12N2O2/c14-7-11(15)10-6-12-5-8-3-1-2-4-9(8)13-10/h1-6,11,13-15H,7H2. The van der Waals surface area contributed by atoms with Crippen molar-refractivity contribution in [1.82, 2.24) is 0 Å². The lowest BCUT2D eigenvalue weighted by Gasteiger charge is -2.14. The normalized spacial score (nSPS) is 16.0. The second kappa shape index (κ2) is 4.25. The molecule has 15 heavy (non-hydrogen) atoms. The molecule has 4 nitrogen and oxygen atoms in total. The number of para-hydroxylation sites is 1. The number of fused-ring (bicyclic) bond motifs is 1. The Morgan fingerprint density at radius 3 is 2.93 bits per heavy atom. The number of nitrogens with zero attached hydrogens (tertiary/aromatic N) is 1. The Kier molecular flexibility index (Phi) is 2.80. The summed E-state index contributed by atoms with van der Waals surface area (Å²) in [5.41, 5.74) is 2.32. The van der Waals surface area contributed by atoms with Gasteiger partial charge < -0.3 is 15.5 Å². The van der Waals surface area contributed by atoms with Crippen molar-refractivity contribution in [2.24, 2.45) is 4.99 Å². The van der Waals surface area contributed by atoms with E-state index in [-0.39, 0.29) is 6.61 Å². The second-order valence-electron chi connectivity index (χ2n) is 3.27. The molecule has 1 aromatic rings. The van der Waals surface area contributed by atoms with Crippen LogP contribution in [0.3, 0.4) is 0 Å². The number of hydrogen-bond acceptors (Lipinski definition) is 4. The Morgan fingerprint density at radius 1 is 1.33 bits per heavy atom. The Hall–Kier alpha value is -1.65. The lowest BCUT2D eigenvalue weighted by atomic mass is 10.2. The fraction of sp³-hybridized carbons (Fsp3) is 0.182. The van der Waals surface area contributed by atoms with Crippen molar-refractivity contribution >= 4 is 11.9 Å². The number of nitrogens with one attached hydrogen (secondary N) is 1. The zero-order valence-corrected chi connectivity index (χ0v) is 8.09. The molecule has 0 saturated carbocycles. The molecule has 4 heteroatoms. The van der Waals surface area contributed by atoms with Crippen molar-refractivity contribution in [2.75, 3.05) is 11.9 Å². The second-order valence-corrected chi connectivity index (χ2v) is 3.27. The molecule has 1 aromatic carbocycles. The molecule has 0 aromatic heterocycles. The van der Waals surface area contributed by atoms with Gasteiger partial charge in [0, 0.05) is 23.7 Å². The van der Waals surface area contributed by atoms with Crippen molar-refractivity contribution < 1.29 is 10.2 Å². The van der Waals surface area contributed by atoms with E-state index in [9.17, 15) is 5.11 Å². The van der Waals surface area contributed by atoms with E-state index in [2.05, 4.69) is 10.3 Å². The maximum Gasteiger partial charge on any atom is 0.118 e. The van der Waals surface area contributed by atoms with Crippen LogP contribution in [0, 0.1) is 0 Å². The van der Waals surface area contributed by atoms with Crippen LogP contribution in [-0.4, -0.2) is 29.1 Å². The van der Waals surface area contributed by atoms with Gasteiger partial charge in [-0.15, -0.1) is 0 Å². The maximum atomic E-state index is 9.48. The Balaban J connectivity index is 2.31.